The highest BCUT2D eigenvalue weighted by molar-refractivity contribution is 6.02. The molecule has 0 saturated heterocycles. The van der Waals surface area contributed by atoms with E-state index in [2.05, 4.69) is 9.97 Å². The zero-order valence-corrected chi connectivity index (χ0v) is 19.0. The summed E-state index contributed by atoms with van der Waals surface area (Å²) in [5, 5.41) is 0. The number of Topliss-reactive ketones (excluding diaryl/α,β-unsaturated/α-hetero) is 1. The Hall–Kier alpha value is -4.01. The third-order valence-corrected chi connectivity index (χ3v) is 5.85. The van der Waals surface area contributed by atoms with E-state index in [0.29, 0.717) is 35.2 Å². The number of carbonyl (C=O) groups is 1. The van der Waals surface area contributed by atoms with Crippen molar-refractivity contribution in [3.8, 4) is 28.5 Å². The molecule has 35 heavy (non-hydrogen) atoms. The Bertz CT molecular complexity index is 1350. The first-order valence-corrected chi connectivity index (χ1v) is 11.2. The molecule has 0 amide bonds. The topological polar surface area (TPSA) is 75.0 Å². The molecule has 5 rings (SSSR count). The number of imidazole rings is 1. The Labute approximate surface area is 200 Å². The number of rotatable bonds is 10. The van der Waals surface area contributed by atoms with E-state index in [1.807, 2.05) is 18.2 Å². The lowest BCUT2D eigenvalue weighted by atomic mass is 10.00. The van der Waals surface area contributed by atoms with Crippen LogP contribution in [0.2, 0.25) is 0 Å². The van der Waals surface area contributed by atoms with Crippen molar-refractivity contribution in [3.05, 3.63) is 72.3 Å². The Morgan fingerprint density at radius 1 is 1.14 bits per heavy atom. The third-order valence-electron chi connectivity index (χ3n) is 5.85. The molecule has 0 bridgehead atoms. The number of ketones is 1. The summed E-state index contributed by atoms with van der Waals surface area (Å²) in [5.74, 6) is 0.624. The van der Waals surface area contributed by atoms with E-state index in [-0.39, 0.29) is 29.3 Å². The van der Waals surface area contributed by atoms with Gasteiger partial charge in [0.15, 0.2) is 5.78 Å². The highest BCUT2D eigenvalue weighted by atomic mass is 19.3. The zero-order chi connectivity index (χ0) is 24.4. The van der Waals surface area contributed by atoms with Gasteiger partial charge in [0.25, 0.3) is 0 Å². The van der Waals surface area contributed by atoms with E-state index in [0.717, 1.165) is 18.5 Å². The SMILES string of the molecule is COc1cc(-c2cnc3cc(OCc4ccccn4)ccn23)cc(OC(F)F)c1C(=O)CC1CC1. The fraction of sp³-hybridized carbons (Fsp3) is 0.269. The molecule has 1 aromatic carbocycles. The average molecular weight is 479 g/mol. The first-order chi connectivity index (χ1) is 17.0. The Morgan fingerprint density at radius 3 is 2.69 bits per heavy atom. The minimum Gasteiger partial charge on any atom is -0.496 e. The predicted molar refractivity (Wildman–Crippen MR) is 124 cm³/mol. The van der Waals surface area contributed by atoms with Crippen molar-refractivity contribution < 1.29 is 27.8 Å². The van der Waals surface area contributed by atoms with E-state index >= 15 is 0 Å². The lowest BCUT2D eigenvalue weighted by Crippen LogP contribution is -2.11. The highest BCUT2D eigenvalue weighted by Crippen LogP contribution is 2.40. The van der Waals surface area contributed by atoms with Crippen LogP contribution in [0.4, 0.5) is 8.78 Å². The second-order valence-electron chi connectivity index (χ2n) is 8.34. The molecule has 0 spiro atoms. The number of carbonyl (C=O) groups excluding carboxylic acids is 1. The molecule has 180 valence electrons. The maximum atomic E-state index is 13.2. The first-order valence-electron chi connectivity index (χ1n) is 11.2. The van der Waals surface area contributed by atoms with Gasteiger partial charge in [0.2, 0.25) is 0 Å². The molecule has 0 unspecified atom stereocenters. The van der Waals surface area contributed by atoms with Crippen molar-refractivity contribution >= 4 is 11.4 Å². The van der Waals surface area contributed by atoms with Crippen LogP contribution in [-0.4, -0.2) is 33.9 Å². The van der Waals surface area contributed by atoms with Crippen LogP contribution in [0.25, 0.3) is 16.9 Å². The number of aromatic nitrogens is 3. The number of ether oxygens (including phenoxy) is 3. The van der Waals surface area contributed by atoms with Gasteiger partial charge in [-0.1, -0.05) is 6.07 Å². The minimum atomic E-state index is -3.08. The summed E-state index contributed by atoms with van der Waals surface area (Å²) in [6, 6.07) is 12.2. The van der Waals surface area contributed by atoms with Gasteiger partial charge in [-0.05, 0) is 49.1 Å². The molecule has 0 N–H and O–H groups in total. The fourth-order valence-corrected chi connectivity index (χ4v) is 3.95. The van der Waals surface area contributed by atoms with Crippen molar-refractivity contribution in [1.82, 2.24) is 14.4 Å². The predicted octanol–water partition coefficient (Wildman–Crippen LogP) is 5.57. The van der Waals surface area contributed by atoms with E-state index < -0.39 is 6.61 Å². The van der Waals surface area contributed by atoms with E-state index in [4.69, 9.17) is 14.2 Å². The zero-order valence-electron chi connectivity index (χ0n) is 19.0. The van der Waals surface area contributed by atoms with Crippen LogP contribution in [0.3, 0.4) is 0 Å². The second-order valence-corrected chi connectivity index (χ2v) is 8.34. The van der Waals surface area contributed by atoms with Crippen LogP contribution in [0.1, 0.15) is 35.3 Å². The number of hydrogen-bond donors (Lipinski definition) is 0. The minimum absolute atomic E-state index is 0.0440. The van der Waals surface area contributed by atoms with E-state index in [9.17, 15) is 13.6 Å². The average Bonchev–Trinajstić information content (AvgIpc) is 3.57. The fourth-order valence-electron chi connectivity index (χ4n) is 3.95. The summed E-state index contributed by atoms with van der Waals surface area (Å²) in [5.41, 5.74) is 2.58. The molecule has 7 nitrogen and oxygen atoms in total. The molecule has 3 aromatic heterocycles. The van der Waals surface area contributed by atoms with Crippen LogP contribution in [0.15, 0.2) is 61.1 Å². The molecule has 1 aliphatic rings. The van der Waals surface area contributed by atoms with Crippen molar-refractivity contribution in [2.24, 2.45) is 5.92 Å². The van der Waals surface area contributed by atoms with Gasteiger partial charge in [-0.25, -0.2) is 4.98 Å². The summed E-state index contributed by atoms with van der Waals surface area (Å²) >= 11 is 0. The van der Waals surface area contributed by atoms with Gasteiger partial charge in [-0.2, -0.15) is 8.78 Å². The quantitative estimate of drug-likeness (QED) is 0.277. The molecular weight excluding hydrogens is 456 g/mol. The molecule has 4 aromatic rings. The molecule has 0 aliphatic heterocycles. The van der Waals surface area contributed by atoms with Gasteiger partial charge in [0, 0.05) is 30.4 Å². The van der Waals surface area contributed by atoms with Crippen molar-refractivity contribution in [2.75, 3.05) is 7.11 Å². The van der Waals surface area contributed by atoms with Crippen LogP contribution in [0.5, 0.6) is 17.2 Å². The Balaban J connectivity index is 1.47. The van der Waals surface area contributed by atoms with Gasteiger partial charge in [-0.15, -0.1) is 0 Å². The summed E-state index contributed by atoms with van der Waals surface area (Å²) in [7, 11) is 1.40. The first kappa shape index (κ1) is 22.8. The largest absolute Gasteiger partial charge is 0.496 e. The Morgan fingerprint density at radius 2 is 1.97 bits per heavy atom. The summed E-state index contributed by atoms with van der Waals surface area (Å²) < 4.78 is 44.3. The smallest absolute Gasteiger partial charge is 0.387 e. The third kappa shape index (κ3) is 5.08. The summed E-state index contributed by atoms with van der Waals surface area (Å²) in [6.07, 6.45) is 7.31. The lowest BCUT2D eigenvalue weighted by Gasteiger charge is -2.16. The monoisotopic (exact) mass is 479 g/mol. The van der Waals surface area contributed by atoms with Crippen LogP contribution in [-0.2, 0) is 6.61 Å². The molecule has 0 radical (unpaired) electrons. The molecule has 3 heterocycles. The maximum Gasteiger partial charge on any atom is 0.387 e. The number of fused-ring (bicyclic) bond motifs is 1. The van der Waals surface area contributed by atoms with E-state index in [1.54, 1.807) is 41.2 Å². The lowest BCUT2D eigenvalue weighted by molar-refractivity contribution is -0.0502. The highest BCUT2D eigenvalue weighted by Gasteiger charge is 2.29. The number of alkyl halides is 2. The molecule has 9 heteroatoms. The van der Waals surface area contributed by atoms with Crippen molar-refractivity contribution in [2.45, 2.75) is 32.5 Å². The molecule has 0 atom stereocenters. The van der Waals surface area contributed by atoms with E-state index in [1.165, 1.54) is 13.2 Å². The van der Waals surface area contributed by atoms with Gasteiger partial charge in [-0.3, -0.25) is 14.2 Å². The van der Waals surface area contributed by atoms with Crippen LogP contribution < -0.4 is 14.2 Å². The molecule has 1 aliphatic carbocycles. The van der Waals surface area contributed by atoms with Gasteiger partial charge in [0.05, 0.1) is 24.7 Å². The van der Waals surface area contributed by atoms with Crippen LogP contribution >= 0.6 is 0 Å². The van der Waals surface area contributed by atoms with Gasteiger partial charge >= 0.3 is 6.61 Å². The summed E-state index contributed by atoms with van der Waals surface area (Å²) in [4.78, 5) is 21.5. The van der Waals surface area contributed by atoms with Crippen LogP contribution in [0, 0.1) is 5.92 Å². The Kier molecular flexibility index (Phi) is 6.31. The number of halogens is 2. The normalized spacial score (nSPS) is 13.3. The summed E-state index contributed by atoms with van der Waals surface area (Å²) in [6.45, 7) is -2.77. The number of pyridine rings is 2. The number of methoxy groups -OCH3 is 1. The standard InChI is InChI=1S/C26H23F2N3O4/c1-33-22-11-17(12-23(35-26(27)28)25(22)21(32)10-16-5-6-16)20-14-30-24-13-19(7-9-31(20)24)34-15-18-4-2-3-8-29-18/h2-4,7-9,11-14,16,26H,5-6,10,15H2,1H3. The number of hydrogen-bond acceptors (Lipinski definition) is 6. The molecular formula is C26H23F2N3O4. The van der Waals surface area contributed by atoms with Crippen molar-refractivity contribution in [3.63, 3.8) is 0 Å². The number of nitrogens with zero attached hydrogens (tertiary/aromatic N) is 3. The number of benzene rings is 1. The van der Waals surface area contributed by atoms with Gasteiger partial charge < -0.3 is 14.2 Å². The second kappa shape index (κ2) is 9.69. The molecule has 1 saturated carbocycles. The maximum absolute atomic E-state index is 13.2. The molecule has 1 fully saturated rings. The van der Waals surface area contributed by atoms with Gasteiger partial charge in [0.1, 0.15) is 35.1 Å². The van der Waals surface area contributed by atoms with Crippen molar-refractivity contribution in [1.29, 1.82) is 0 Å².